The van der Waals surface area contributed by atoms with E-state index in [2.05, 4.69) is 11.8 Å². The van der Waals surface area contributed by atoms with Gasteiger partial charge in [0.25, 0.3) is 0 Å². The Balaban J connectivity index is 1.31. The molecule has 2 heterocycles. The lowest BCUT2D eigenvalue weighted by Gasteiger charge is -2.39. The first-order valence-corrected chi connectivity index (χ1v) is 10.5. The van der Waals surface area contributed by atoms with Gasteiger partial charge in [-0.1, -0.05) is 42.5 Å². The highest BCUT2D eigenvalue weighted by Gasteiger charge is 2.47. The fraction of sp³-hybridized carbons (Fsp3) is 0.417. The number of carboxylic acids is 1. The van der Waals surface area contributed by atoms with Gasteiger partial charge in [-0.15, -0.1) is 0 Å². The normalized spacial score (nSPS) is 22.8. The minimum atomic E-state index is -0.900. The Hall–Kier alpha value is -2.86. The number of nitrogens with zero attached hydrogens (tertiary/aromatic N) is 2. The second-order valence-electron chi connectivity index (χ2n) is 8.57. The van der Waals surface area contributed by atoms with Crippen molar-refractivity contribution in [1.29, 1.82) is 0 Å². The van der Waals surface area contributed by atoms with Crippen molar-refractivity contribution in [3.8, 4) is 0 Å². The molecule has 6 heteroatoms. The summed E-state index contributed by atoms with van der Waals surface area (Å²) in [5, 5.41) is 9.02. The third kappa shape index (κ3) is 4.49. The van der Waals surface area contributed by atoms with Crippen molar-refractivity contribution in [3.63, 3.8) is 0 Å². The molecule has 2 aromatic rings. The number of aromatic carboxylic acids is 1. The molecule has 1 atom stereocenters. The second-order valence-corrected chi connectivity index (χ2v) is 8.57. The molecule has 6 nitrogen and oxygen atoms in total. The summed E-state index contributed by atoms with van der Waals surface area (Å²) >= 11 is 0. The van der Waals surface area contributed by atoms with Gasteiger partial charge < -0.3 is 9.84 Å². The predicted octanol–water partition coefficient (Wildman–Crippen LogP) is 4.01. The molecule has 2 aromatic carbocycles. The van der Waals surface area contributed by atoms with Crippen molar-refractivity contribution in [2.45, 2.75) is 38.5 Å². The maximum Gasteiger partial charge on any atom is 0.410 e. The molecule has 0 aromatic heterocycles. The molecule has 0 unspecified atom stereocenters. The van der Waals surface area contributed by atoms with Gasteiger partial charge in [0.15, 0.2) is 0 Å². The zero-order valence-electron chi connectivity index (χ0n) is 17.3. The lowest BCUT2D eigenvalue weighted by atomic mass is 9.81. The van der Waals surface area contributed by atoms with Crippen molar-refractivity contribution < 1.29 is 19.4 Å². The molecule has 4 rings (SSSR count). The Bertz CT molecular complexity index is 891. The van der Waals surface area contributed by atoms with Gasteiger partial charge in [-0.25, -0.2) is 9.59 Å². The van der Waals surface area contributed by atoms with E-state index in [0.717, 1.165) is 43.6 Å². The standard InChI is InChI=1S/C24H28N2O4/c1-24(17-26(23(29)30-24)16-18-5-3-2-4-6-18)21-11-13-25(14-12-21)15-19-7-9-20(10-8-19)22(27)28/h2-10,21H,11-17H2,1H3,(H,27,28)/t24-/m1/s1. The van der Waals surface area contributed by atoms with E-state index in [1.54, 1.807) is 12.1 Å². The van der Waals surface area contributed by atoms with Crippen molar-refractivity contribution in [2.75, 3.05) is 19.6 Å². The van der Waals surface area contributed by atoms with Crippen molar-refractivity contribution in [3.05, 3.63) is 71.3 Å². The first-order valence-electron chi connectivity index (χ1n) is 10.5. The number of carboxylic acid groups (broad SMARTS) is 1. The molecule has 2 fully saturated rings. The van der Waals surface area contributed by atoms with Crippen LogP contribution in [0.3, 0.4) is 0 Å². The van der Waals surface area contributed by atoms with Crippen LogP contribution in [0.25, 0.3) is 0 Å². The van der Waals surface area contributed by atoms with Crippen molar-refractivity contribution >= 4 is 12.1 Å². The highest BCUT2D eigenvalue weighted by atomic mass is 16.6. The maximum absolute atomic E-state index is 12.5. The zero-order chi connectivity index (χ0) is 21.1. The molecule has 0 spiro atoms. The smallest absolute Gasteiger partial charge is 0.410 e. The summed E-state index contributed by atoms with van der Waals surface area (Å²) in [7, 11) is 0. The molecule has 30 heavy (non-hydrogen) atoms. The van der Waals surface area contributed by atoms with Crippen LogP contribution < -0.4 is 0 Å². The maximum atomic E-state index is 12.5. The number of ether oxygens (including phenoxy) is 1. The molecule has 2 aliphatic heterocycles. The van der Waals surface area contributed by atoms with E-state index in [0.29, 0.717) is 24.6 Å². The minimum Gasteiger partial charge on any atom is -0.478 e. The highest BCUT2D eigenvalue weighted by molar-refractivity contribution is 5.87. The van der Waals surface area contributed by atoms with E-state index in [1.165, 1.54) is 0 Å². The van der Waals surface area contributed by atoms with Crippen LogP contribution in [0.4, 0.5) is 4.79 Å². The summed E-state index contributed by atoms with van der Waals surface area (Å²) in [6.45, 7) is 5.97. The number of piperidine rings is 1. The molecule has 0 radical (unpaired) electrons. The van der Waals surface area contributed by atoms with Crippen LogP contribution in [0.15, 0.2) is 54.6 Å². The molecule has 0 aliphatic carbocycles. The number of hydrogen-bond acceptors (Lipinski definition) is 4. The molecular formula is C24H28N2O4. The number of hydrogen-bond donors (Lipinski definition) is 1. The predicted molar refractivity (Wildman–Crippen MR) is 113 cm³/mol. The van der Waals surface area contributed by atoms with Crippen LogP contribution in [0.5, 0.6) is 0 Å². The number of carbonyl (C=O) groups is 2. The van der Waals surface area contributed by atoms with E-state index >= 15 is 0 Å². The molecule has 1 amide bonds. The Kier molecular flexibility index (Phi) is 5.77. The van der Waals surface area contributed by atoms with Crippen molar-refractivity contribution in [1.82, 2.24) is 9.80 Å². The van der Waals surface area contributed by atoms with E-state index < -0.39 is 11.6 Å². The Labute approximate surface area is 177 Å². The molecule has 2 aliphatic rings. The Morgan fingerprint density at radius 3 is 2.30 bits per heavy atom. The minimum absolute atomic E-state index is 0.220. The van der Waals surface area contributed by atoms with Crippen LogP contribution in [0, 0.1) is 5.92 Å². The van der Waals surface area contributed by atoms with Crippen molar-refractivity contribution in [2.24, 2.45) is 5.92 Å². The quantitative estimate of drug-likeness (QED) is 0.782. The highest BCUT2D eigenvalue weighted by Crippen LogP contribution is 2.37. The number of benzene rings is 2. The molecule has 0 bridgehead atoms. The van der Waals surface area contributed by atoms with E-state index in [9.17, 15) is 9.59 Å². The molecular weight excluding hydrogens is 380 g/mol. The number of likely N-dealkylation sites (tertiary alicyclic amines) is 1. The topological polar surface area (TPSA) is 70.1 Å². The van der Waals surface area contributed by atoms with Crippen LogP contribution in [-0.4, -0.2) is 52.2 Å². The fourth-order valence-corrected chi connectivity index (χ4v) is 4.59. The van der Waals surface area contributed by atoms with Gasteiger partial charge >= 0.3 is 12.1 Å². The third-order valence-corrected chi connectivity index (χ3v) is 6.36. The van der Waals surface area contributed by atoms with Gasteiger partial charge in [0, 0.05) is 19.0 Å². The zero-order valence-corrected chi connectivity index (χ0v) is 17.3. The van der Waals surface area contributed by atoms with Gasteiger partial charge in [0.1, 0.15) is 5.60 Å². The summed E-state index contributed by atoms with van der Waals surface area (Å²) < 4.78 is 5.88. The summed E-state index contributed by atoms with van der Waals surface area (Å²) in [6.07, 6.45) is 1.74. The molecule has 158 valence electrons. The van der Waals surface area contributed by atoms with Crippen LogP contribution in [0.2, 0.25) is 0 Å². The average molecular weight is 408 g/mol. The van der Waals surface area contributed by atoms with E-state index in [-0.39, 0.29) is 6.09 Å². The van der Waals surface area contributed by atoms with E-state index in [4.69, 9.17) is 9.84 Å². The Morgan fingerprint density at radius 2 is 1.67 bits per heavy atom. The molecule has 2 saturated heterocycles. The number of cyclic esters (lactones) is 1. The van der Waals surface area contributed by atoms with Crippen LogP contribution in [-0.2, 0) is 17.8 Å². The summed E-state index contributed by atoms with van der Waals surface area (Å²) in [5.74, 6) is -0.559. The van der Waals surface area contributed by atoms with Crippen LogP contribution in [0.1, 0.15) is 41.3 Å². The summed E-state index contributed by atoms with van der Waals surface area (Å²) in [6, 6.07) is 17.1. The average Bonchev–Trinajstić information content (AvgIpc) is 3.04. The van der Waals surface area contributed by atoms with E-state index in [1.807, 2.05) is 47.4 Å². The largest absolute Gasteiger partial charge is 0.478 e. The summed E-state index contributed by atoms with van der Waals surface area (Å²) in [5.41, 5.74) is 2.10. The van der Waals surface area contributed by atoms with Gasteiger partial charge in [-0.3, -0.25) is 9.80 Å². The first-order chi connectivity index (χ1) is 14.4. The first kappa shape index (κ1) is 20.4. The third-order valence-electron chi connectivity index (χ3n) is 6.36. The monoisotopic (exact) mass is 408 g/mol. The number of rotatable bonds is 6. The fourth-order valence-electron chi connectivity index (χ4n) is 4.59. The summed E-state index contributed by atoms with van der Waals surface area (Å²) in [4.78, 5) is 27.7. The Morgan fingerprint density at radius 1 is 1.03 bits per heavy atom. The SMILES string of the molecule is C[C@]1(C2CCN(Cc3ccc(C(=O)O)cc3)CC2)CN(Cc2ccccc2)C(=O)O1. The van der Waals surface area contributed by atoms with Gasteiger partial charge in [0.05, 0.1) is 12.1 Å². The lowest BCUT2D eigenvalue weighted by molar-refractivity contribution is -0.00711. The van der Waals surface area contributed by atoms with Gasteiger partial charge in [0.2, 0.25) is 0 Å². The van der Waals surface area contributed by atoms with Gasteiger partial charge in [-0.05, 0) is 56.1 Å². The van der Waals surface area contributed by atoms with Crippen LogP contribution >= 0.6 is 0 Å². The lowest BCUT2D eigenvalue weighted by Crippen LogP contribution is -2.45. The number of amides is 1. The second kappa shape index (κ2) is 8.48. The number of carbonyl (C=O) groups excluding carboxylic acids is 1. The molecule has 0 saturated carbocycles. The molecule has 1 N–H and O–H groups in total. The van der Waals surface area contributed by atoms with Gasteiger partial charge in [-0.2, -0.15) is 0 Å².